The van der Waals surface area contributed by atoms with Crippen molar-refractivity contribution in [1.82, 2.24) is 15.6 Å². The fourth-order valence-electron chi connectivity index (χ4n) is 3.22. The number of hydrogen-bond acceptors (Lipinski definition) is 4. The summed E-state index contributed by atoms with van der Waals surface area (Å²) >= 11 is 0. The van der Waals surface area contributed by atoms with Crippen LogP contribution < -0.4 is 15.4 Å². The van der Waals surface area contributed by atoms with E-state index in [9.17, 15) is 0 Å². The minimum absolute atomic E-state index is 0. The van der Waals surface area contributed by atoms with Gasteiger partial charge in [0.25, 0.3) is 0 Å². The highest BCUT2D eigenvalue weighted by Crippen LogP contribution is 2.14. The molecule has 172 valence electrons. The zero-order valence-corrected chi connectivity index (χ0v) is 21.4. The van der Waals surface area contributed by atoms with E-state index in [1.54, 1.807) is 7.05 Å². The van der Waals surface area contributed by atoms with E-state index in [1.807, 2.05) is 32.0 Å². The summed E-state index contributed by atoms with van der Waals surface area (Å²) in [5, 5.41) is 6.56. The summed E-state index contributed by atoms with van der Waals surface area (Å²) in [6.07, 6.45) is 2.91. The SMILES string of the molecule is CN=C(NCCc1cccc(OCCCc2ccccc2)c1)NCc1nc(C)c(C)o1.I. The van der Waals surface area contributed by atoms with Crippen LogP contribution in [0.1, 0.15) is 34.9 Å². The molecule has 1 aromatic heterocycles. The van der Waals surface area contributed by atoms with Crippen LogP contribution in [0, 0.1) is 13.8 Å². The smallest absolute Gasteiger partial charge is 0.214 e. The molecule has 1 heterocycles. The Labute approximate surface area is 207 Å². The van der Waals surface area contributed by atoms with E-state index >= 15 is 0 Å². The Morgan fingerprint density at radius 2 is 1.78 bits per heavy atom. The van der Waals surface area contributed by atoms with Crippen molar-refractivity contribution in [3.05, 3.63) is 83.1 Å². The summed E-state index contributed by atoms with van der Waals surface area (Å²) in [6, 6.07) is 18.8. The topological polar surface area (TPSA) is 71.7 Å². The van der Waals surface area contributed by atoms with Gasteiger partial charge in [0.2, 0.25) is 5.89 Å². The van der Waals surface area contributed by atoms with E-state index in [1.165, 1.54) is 11.1 Å². The Balaban J connectivity index is 0.00000363. The molecule has 0 aliphatic rings. The molecule has 6 nitrogen and oxygen atoms in total. The van der Waals surface area contributed by atoms with Crippen molar-refractivity contribution >= 4 is 29.9 Å². The van der Waals surface area contributed by atoms with Crippen molar-refractivity contribution in [2.45, 2.75) is 39.7 Å². The maximum absolute atomic E-state index is 5.94. The highest BCUT2D eigenvalue weighted by molar-refractivity contribution is 14.0. The number of aliphatic imine (C=N–C) groups is 1. The Hall–Kier alpha value is -2.55. The Bertz CT molecular complexity index is 954. The van der Waals surface area contributed by atoms with Gasteiger partial charge >= 0.3 is 0 Å². The number of aromatic nitrogens is 1. The van der Waals surface area contributed by atoms with Crippen LogP contribution in [0.25, 0.3) is 0 Å². The zero-order chi connectivity index (χ0) is 21.9. The van der Waals surface area contributed by atoms with Gasteiger partial charge in [-0.3, -0.25) is 4.99 Å². The normalized spacial score (nSPS) is 11.0. The Morgan fingerprint density at radius 3 is 2.50 bits per heavy atom. The van der Waals surface area contributed by atoms with Crippen LogP contribution in [0.5, 0.6) is 5.75 Å². The lowest BCUT2D eigenvalue weighted by Gasteiger charge is -2.11. The van der Waals surface area contributed by atoms with E-state index in [-0.39, 0.29) is 24.0 Å². The first-order valence-corrected chi connectivity index (χ1v) is 10.8. The van der Waals surface area contributed by atoms with Gasteiger partial charge in [-0.25, -0.2) is 4.98 Å². The van der Waals surface area contributed by atoms with Gasteiger partial charge < -0.3 is 19.8 Å². The Morgan fingerprint density at radius 1 is 1.00 bits per heavy atom. The molecule has 32 heavy (non-hydrogen) atoms. The third-order valence-corrected chi connectivity index (χ3v) is 5.03. The summed E-state index contributed by atoms with van der Waals surface area (Å²) in [5.74, 6) is 3.15. The van der Waals surface area contributed by atoms with E-state index < -0.39 is 0 Å². The fraction of sp³-hybridized carbons (Fsp3) is 0.360. The number of rotatable bonds is 10. The summed E-state index contributed by atoms with van der Waals surface area (Å²) in [7, 11) is 1.76. The number of hydrogen-bond donors (Lipinski definition) is 2. The number of guanidine groups is 1. The molecular formula is C25H33IN4O2. The highest BCUT2D eigenvalue weighted by atomic mass is 127. The van der Waals surface area contributed by atoms with Crippen molar-refractivity contribution in [3.8, 4) is 5.75 Å². The van der Waals surface area contributed by atoms with Gasteiger partial charge in [-0.15, -0.1) is 24.0 Å². The lowest BCUT2D eigenvalue weighted by Crippen LogP contribution is -2.37. The second kappa shape index (κ2) is 13.8. The predicted molar refractivity (Wildman–Crippen MR) is 140 cm³/mol. The summed E-state index contributed by atoms with van der Waals surface area (Å²) in [6.45, 7) is 5.84. The maximum atomic E-state index is 5.94. The van der Waals surface area contributed by atoms with Crippen molar-refractivity contribution in [3.63, 3.8) is 0 Å². The molecule has 3 aromatic rings. The Kier molecular flexibility index (Phi) is 11.1. The van der Waals surface area contributed by atoms with Crippen LogP contribution >= 0.6 is 24.0 Å². The summed E-state index contributed by atoms with van der Waals surface area (Å²) in [5.41, 5.74) is 3.49. The number of ether oxygens (including phenoxy) is 1. The van der Waals surface area contributed by atoms with Crippen molar-refractivity contribution < 1.29 is 9.15 Å². The van der Waals surface area contributed by atoms with E-state index in [2.05, 4.69) is 57.0 Å². The van der Waals surface area contributed by atoms with Gasteiger partial charge in [0.1, 0.15) is 11.5 Å². The molecule has 0 saturated carbocycles. The number of halogens is 1. The van der Waals surface area contributed by atoms with Crippen LogP contribution in [0.4, 0.5) is 0 Å². The zero-order valence-electron chi connectivity index (χ0n) is 19.1. The van der Waals surface area contributed by atoms with Gasteiger partial charge in [-0.1, -0.05) is 42.5 Å². The number of nitrogens with zero attached hydrogens (tertiary/aromatic N) is 2. The lowest BCUT2D eigenvalue weighted by atomic mass is 10.1. The molecular weight excluding hydrogens is 515 g/mol. The molecule has 0 atom stereocenters. The predicted octanol–water partition coefficient (Wildman–Crippen LogP) is 4.83. The molecule has 2 N–H and O–H groups in total. The first-order valence-electron chi connectivity index (χ1n) is 10.8. The van der Waals surface area contributed by atoms with Crippen molar-refractivity contribution in [2.75, 3.05) is 20.2 Å². The van der Waals surface area contributed by atoms with E-state index in [4.69, 9.17) is 9.15 Å². The molecule has 0 amide bonds. The van der Waals surface area contributed by atoms with Crippen LogP contribution in [0.15, 0.2) is 64.0 Å². The van der Waals surface area contributed by atoms with Gasteiger partial charge in [0.05, 0.1) is 18.8 Å². The van der Waals surface area contributed by atoms with Crippen molar-refractivity contribution in [1.29, 1.82) is 0 Å². The highest BCUT2D eigenvalue weighted by Gasteiger charge is 2.06. The number of benzene rings is 2. The molecule has 0 unspecified atom stereocenters. The summed E-state index contributed by atoms with van der Waals surface area (Å²) in [4.78, 5) is 8.63. The first kappa shape index (κ1) is 25.7. The number of aryl methyl sites for hydroxylation is 3. The lowest BCUT2D eigenvalue weighted by molar-refractivity contribution is 0.310. The minimum Gasteiger partial charge on any atom is -0.494 e. The second-order valence-electron chi connectivity index (χ2n) is 7.44. The van der Waals surface area contributed by atoms with Crippen LogP contribution in [-0.4, -0.2) is 31.1 Å². The second-order valence-corrected chi connectivity index (χ2v) is 7.44. The van der Waals surface area contributed by atoms with Gasteiger partial charge in [-0.2, -0.15) is 0 Å². The standard InChI is InChI=1S/C25H32N4O2.HI/c1-19-20(2)31-24(29-19)18-28-25(26-3)27-15-14-22-11-7-13-23(17-22)30-16-8-12-21-9-5-4-6-10-21;/h4-7,9-11,13,17H,8,12,14-16,18H2,1-3H3,(H2,26,27,28);1H. The average Bonchev–Trinajstić information content (AvgIpc) is 3.12. The molecule has 0 spiro atoms. The molecule has 0 aliphatic heterocycles. The molecule has 0 bridgehead atoms. The maximum Gasteiger partial charge on any atom is 0.214 e. The molecule has 7 heteroatoms. The quantitative estimate of drug-likeness (QED) is 0.165. The molecule has 2 aromatic carbocycles. The minimum atomic E-state index is 0. The molecule has 0 saturated heterocycles. The monoisotopic (exact) mass is 548 g/mol. The molecule has 3 rings (SSSR count). The summed E-state index contributed by atoms with van der Waals surface area (Å²) < 4.78 is 11.5. The van der Waals surface area contributed by atoms with Crippen molar-refractivity contribution in [2.24, 2.45) is 4.99 Å². The van der Waals surface area contributed by atoms with Gasteiger partial charge in [0.15, 0.2) is 5.96 Å². The van der Waals surface area contributed by atoms with Crippen LogP contribution in [0.2, 0.25) is 0 Å². The molecule has 0 fully saturated rings. The molecule has 0 radical (unpaired) electrons. The number of nitrogens with one attached hydrogen (secondary N) is 2. The number of oxazole rings is 1. The third-order valence-electron chi connectivity index (χ3n) is 5.03. The first-order chi connectivity index (χ1) is 15.1. The molecule has 0 aliphatic carbocycles. The largest absolute Gasteiger partial charge is 0.494 e. The third kappa shape index (κ3) is 8.53. The average molecular weight is 548 g/mol. The fourth-order valence-corrected chi connectivity index (χ4v) is 3.22. The van der Waals surface area contributed by atoms with Crippen LogP contribution in [-0.2, 0) is 19.4 Å². The van der Waals surface area contributed by atoms with Gasteiger partial charge in [0, 0.05) is 13.6 Å². The van der Waals surface area contributed by atoms with E-state index in [0.29, 0.717) is 19.0 Å². The van der Waals surface area contributed by atoms with Gasteiger partial charge in [-0.05, 0) is 56.4 Å². The van der Waals surface area contributed by atoms with Crippen LogP contribution in [0.3, 0.4) is 0 Å². The van der Waals surface area contributed by atoms with E-state index in [0.717, 1.165) is 49.0 Å².